The topological polar surface area (TPSA) is 35.2 Å². The van der Waals surface area contributed by atoms with Crippen LogP contribution in [0.4, 0.5) is 0 Å². The molecule has 2 atom stereocenters. The summed E-state index contributed by atoms with van der Waals surface area (Å²) >= 11 is 0. The highest BCUT2D eigenvalue weighted by Gasteiger charge is 2.28. The molecule has 18 heavy (non-hydrogen) atoms. The molecule has 2 heteroatoms. The molecule has 1 aromatic rings. The highest BCUT2D eigenvalue weighted by Crippen LogP contribution is 2.24. The Balaban J connectivity index is 2.32. The Morgan fingerprint density at radius 3 is 2.28 bits per heavy atom. The molecular formula is C16H27NO. The summed E-state index contributed by atoms with van der Waals surface area (Å²) in [6.07, 6.45) is 2.23. The third kappa shape index (κ3) is 5.19. The molecule has 0 heterocycles. The van der Waals surface area contributed by atoms with Crippen molar-refractivity contribution in [1.29, 1.82) is 0 Å². The second kappa shape index (κ2) is 6.91. The molecule has 0 aliphatic rings. The van der Waals surface area contributed by atoms with Gasteiger partial charge in [0.2, 0.25) is 0 Å². The number of aryl methyl sites for hydroxylation is 1. The predicted octanol–water partition coefficient (Wildman–Crippen LogP) is 3.40. The van der Waals surface area contributed by atoms with Crippen molar-refractivity contribution in [3.05, 3.63) is 35.9 Å². The van der Waals surface area contributed by atoms with Gasteiger partial charge in [-0.3, -0.25) is 0 Å². The summed E-state index contributed by atoms with van der Waals surface area (Å²) in [6, 6.07) is 10.6. The van der Waals surface area contributed by atoms with Crippen molar-refractivity contribution in [2.45, 2.75) is 52.7 Å². The standard InChI is InChI=1S/C16H27NO/c1-13(17)15(16(2,3)4)18-12-8-11-14-9-6-5-7-10-14/h5-7,9-10,13,15H,8,11-12,17H2,1-4H3. The third-order valence-corrected chi connectivity index (χ3v) is 3.08. The number of benzene rings is 1. The average molecular weight is 249 g/mol. The van der Waals surface area contributed by atoms with E-state index in [9.17, 15) is 0 Å². The molecule has 1 rings (SSSR count). The largest absolute Gasteiger partial charge is 0.376 e. The summed E-state index contributed by atoms with van der Waals surface area (Å²) in [5.41, 5.74) is 7.46. The van der Waals surface area contributed by atoms with Gasteiger partial charge in [-0.05, 0) is 30.7 Å². The van der Waals surface area contributed by atoms with E-state index in [-0.39, 0.29) is 17.6 Å². The maximum atomic E-state index is 5.99. The van der Waals surface area contributed by atoms with Crippen LogP contribution in [0.5, 0.6) is 0 Å². The maximum absolute atomic E-state index is 5.99. The fourth-order valence-corrected chi connectivity index (χ4v) is 2.32. The zero-order valence-electron chi connectivity index (χ0n) is 12.1. The Morgan fingerprint density at radius 2 is 1.78 bits per heavy atom. The third-order valence-electron chi connectivity index (χ3n) is 3.08. The molecule has 0 saturated carbocycles. The molecule has 0 radical (unpaired) electrons. The van der Waals surface area contributed by atoms with Crippen LogP contribution in [0.1, 0.15) is 39.7 Å². The summed E-state index contributed by atoms with van der Waals surface area (Å²) in [7, 11) is 0. The van der Waals surface area contributed by atoms with Crippen LogP contribution in [0, 0.1) is 5.41 Å². The van der Waals surface area contributed by atoms with Crippen molar-refractivity contribution in [2.24, 2.45) is 11.1 Å². The van der Waals surface area contributed by atoms with Crippen molar-refractivity contribution < 1.29 is 4.74 Å². The fourth-order valence-electron chi connectivity index (χ4n) is 2.32. The minimum absolute atomic E-state index is 0.0710. The smallest absolute Gasteiger partial charge is 0.0771 e. The van der Waals surface area contributed by atoms with Crippen molar-refractivity contribution in [2.75, 3.05) is 6.61 Å². The first-order chi connectivity index (χ1) is 8.41. The van der Waals surface area contributed by atoms with Crippen LogP contribution in [0.15, 0.2) is 30.3 Å². The van der Waals surface area contributed by atoms with Gasteiger partial charge in [0.15, 0.2) is 0 Å². The van der Waals surface area contributed by atoms with Crippen LogP contribution in [0.2, 0.25) is 0 Å². The van der Waals surface area contributed by atoms with E-state index in [4.69, 9.17) is 10.5 Å². The molecule has 0 bridgehead atoms. The van der Waals surface area contributed by atoms with Gasteiger partial charge in [0.05, 0.1) is 6.10 Å². The Kier molecular flexibility index (Phi) is 5.83. The van der Waals surface area contributed by atoms with E-state index in [1.54, 1.807) is 0 Å². The van der Waals surface area contributed by atoms with Crippen LogP contribution < -0.4 is 5.73 Å². The van der Waals surface area contributed by atoms with E-state index < -0.39 is 0 Å². The first-order valence-electron chi connectivity index (χ1n) is 6.82. The Hall–Kier alpha value is -0.860. The van der Waals surface area contributed by atoms with Crippen molar-refractivity contribution in [3.63, 3.8) is 0 Å². The van der Waals surface area contributed by atoms with E-state index in [0.29, 0.717) is 0 Å². The van der Waals surface area contributed by atoms with Crippen LogP contribution in [-0.2, 0) is 11.2 Å². The minimum atomic E-state index is 0.0710. The predicted molar refractivity (Wildman–Crippen MR) is 77.6 cm³/mol. The SMILES string of the molecule is CC(N)C(OCCCc1ccccc1)C(C)(C)C. The molecule has 0 aliphatic carbocycles. The maximum Gasteiger partial charge on any atom is 0.0771 e. The van der Waals surface area contributed by atoms with Gasteiger partial charge in [-0.1, -0.05) is 51.1 Å². The van der Waals surface area contributed by atoms with Gasteiger partial charge in [0.1, 0.15) is 0 Å². The second-order valence-electron chi connectivity index (χ2n) is 6.11. The van der Waals surface area contributed by atoms with Crippen LogP contribution in [0.25, 0.3) is 0 Å². The number of hydrogen-bond donors (Lipinski definition) is 1. The van der Waals surface area contributed by atoms with Crippen molar-refractivity contribution in [1.82, 2.24) is 0 Å². The number of ether oxygens (including phenoxy) is 1. The number of rotatable bonds is 6. The molecule has 0 aromatic heterocycles. The van der Waals surface area contributed by atoms with Gasteiger partial charge in [-0.2, -0.15) is 0 Å². The van der Waals surface area contributed by atoms with Crippen LogP contribution in [-0.4, -0.2) is 18.8 Å². The molecule has 1 aromatic carbocycles. The zero-order valence-corrected chi connectivity index (χ0v) is 12.1. The van der Waals surface area contributed by atoms with E-state index >= 15 is 0 Å². The molecule has 102 valence electrons. The fraction of sp³-hybridized carbons (Fsp3) is 0.625. The summed E-state index contributed by atoms with van der Waals surface area (Å²) in [5.74, 6) is 0. The monoisotopic (exact) mass is 249 g/mol. The zero-order chi connectivity index (χ0) is 13.6. The van der Waals surface area contributed by atoms with Crippen LogP contribution in [0.3, 0.4) is 0 Å². The van der Waals surface area contributed by atoms with Gasteiger partial charge in [0.25, 0.3) is 0 Å². The normalized spacial score (nSPS) is 15.4. The number of hydrogen-bond acceptors (Lipinski definition) is 2. The van der Waals surface area contributed by atoms with Gasteiger partial charge >= 0.3 is 0 Å². The lowest BCUT2D eigenvalue weighted by Gasteiger charge is -2.33. The Bertz CT molecular complexity index is 327. The summed E-state index contributed by atoms with van der Waals surface area (Å²) < 4.78 is 5.96. The van der Waals surface area contributed by atoms with E-state index in [1.165, 1.54) is 5.56 Å². The summed E-state index contributed by atoms with van der Waals surface area (Å²) in [6.45, 7) is 9.33. The van der Waals surface area contributed by atoms with E-state index in [0.717, 1.165) is 19.4 Å². The average Bonchev–Trinajstić information content (AvgIpc) is 2.27. The Labute approximate surface area is 112 Å². The molecule has 0 amide bonds. The minimum Gasteiger partial charge on any atom is -0.376 e. The van der Waals surface area contributed by atoms with E-state index in [1.807, 2.05) is 13.0 Å². The van der Waals surface area contributed by atoms with Gasteiger partial charge in [-0.25, -0.2) is 0 Å². The van der Waals surface area contributed by atoms with Crippen molar-refractivity contribution >= 4 is 0 Å². The Morgan fingerprint density at radius 1 is 1.17 bits per heavy atom. The molecule has 0 fully saturated rings. The highest BCUT2D eigenvalue weighted by atomic mass is 16.5. The lowest BCUT2D eigenvalue weighted by atomic mass is 9.85. The molecule has 2 unspecified atom stereocenters. The molecular weight excluding hydrogens is 222 g/mol. The first-order valence-corrected chi connectivity index (χ1v) is 6.82. The quantitative estimate of drug-likeness (QED) is 0.784. The molecule has 2 N–H and O–H groups in total. The highest BCUT2D eigenvalue weighted by molar-refractivity contribution is 5.14. The van der Waals surface area contributed by atoms with Gasteiger partial charge in [0, 0.05) is 12.6 Å². The lowest BCUT2D eigenvalue weighted by Crippen LogP contribution is -2.43. The summed E-state index contributed by atoms with van der Waals surface area (Å²) in [4.78, 5) is 0. The molecule has 0 aliphatic heterocycles. The van der Waals surface area contributed by atoms with Crippen LogP contribution >= 0.6 is 0 Å². The van der Waals surface area contributed by atoms with Gasteiger partial charge < -0.3 is 10.5 Å². The van der Waals surface area contributed by atoms with E-state index in [2.05, 4.69) is 45.0 Å². The number of nitrogens with two attached hydrogens (primary N) is 1. The lowest BCUT2D eigenvalue weighted by molar-refractivity contribution is -0.0308. The summed E-state index contributed by atoms with van der Waals surface area (Å²) in [5, 5.41) is 0. The van der Waals surface area contributed by atoms with Gasteiger partial charge in [-0.15, -0.1) is 0 Å². The molecule has 2 nitrogen and oxygen atoms in total. The molecule has 0 spiro atoms. The van der Waals surface area contributed by atoms with Crippen molar-refractivity contribution in [3.8, 4) is 0 Å². The molecule has 0 saturated heterocycles. The second-order valence-corrected chi connectivity index (χ2v) is 6.11. The first kappa shape index (κ1) is 15.2.